The average Bonchev–Trinajstić information content (AvgIpc) is 2.63. The van der Waals surface area contributed by atoms with E-state index >= 15 is 0 Å². The molecule has 0 radical (unpaired) electrons. The van der Waals surface area contributed by atoms with E-state index in [-0.39, 0.29) is 22.1 Å². The Morgan fingerprint density at radius 2 is 1.52 bits per heavy atom. The topological polar surface area (TPSA) is 101 Å². The van der Waals surface area contributed by atoms with Crippen LogP contribution in [0.1, 0.15) is 21.7 Å². The van der Waals surface area contributed by atoms with E-state index < -0.39 is 27.6 Å². The second kappa shape index (κ2) is 7.92. The van der Waals surface area contributed by atoms with Gasteiger partial charge in [0.1, 0.15) is 0 Å². The van der Waals surface area contributed by atoms with Crippen LogP contribution in [0.15, 0.2) is 53.4 Å². The third kappa shape index (κ3) is 4.91. The van der Waals surface area contributed by atoms with Crippen LogP contribution in [-0.4, -0.2) is 24.3 Å². The number of aromatic nitrogens is 2. The fourth-order valence-corrected chi connectivity index (χ4v) is 3.45. The predicted octanol–water partition coefficient (Wildman–Crippen LogP) is 3.42. The smallest absolute Gasteiger partial charge is 0.264 e. The lowest BCUT2D eigenvalue weighted by atomic mass is 10.2. The Kier molecular flexibility index (Phi) is 5.55. The largest absolute Gasteiger partial charge is 0.322 e. The summed E-state index contributed by atoms with van der Waals surface area (Å²) in [5.41, 5.74) is 1.44. The number of halogens is 2. The summed E-state index contributed by atoms with van der Waals surface area (Å²) in [5, 5.41) is 2.48. The van der Waals surface area contributed by atoms with E-state index in [9.17, 15) is 22.0 Å². The molecule has 0 aliphatic heterocycles. The maximum Gasteiger partial charge on any atom is 0.264 e. The molecule has 2 aromatic carbocycles. The molecule has 0 aliphatic rings. The van der Waals surface area contributed by atoms with Crippen molar-refractivity contribution in [3.63, 3.8) is 0 Å². The summed E-state index contributed by atoms with van der Waals surface area (Å²) in [6, 6.07) is 9.78. The number of sulfonamides is 1. The highest BCUT2D eigenvalue weighted by molar-refractivity contribution is 7.92. The number of carbonyl (C=O) groups excluding carboxylic acids is 1. The van der Waals surface area contributed by atoms with Crippen molar-refractivity contribution in [1.82, 2.24) is 9.97 Å². The van der Waals surface area contributed by atoms with Crippen molar-refractivity contribution in [2.45, 2.75) is 18.7 Å². The van der Waals surface area contributed by atoms with E-state index in [1.165, 1.54) is 24.3 Å². The number of nitrogens with one attached hydrogen (secondary N) is 2. The van der Waals surface area contributed by atoms with Crippen LogP contribution in [0.4, 0.5) is 20.4 Å². The summed E-state index contributed by atoms with van der Waals surface area (Å²) in [6.07, 6.45) is 0. The second-order valence-electron chi connectivity index (χ2n) is 6.19. The van der Waals surface area contributed by atoms with E-state index in [1.54, 1.807) is 19.9 Å². The second-order valence-corrected chi connectivity index (χ2v) is 7.87. The molecule has 7 nitrogen and oxygen atoms in total. The molecule has 2 N–H and O–H groups in total. The van der Waals surface area contributed by atoms with Gasteiger partial charge < -0.3 is 5.32 Å². The Labute approximate surface area is 165 Å². The fraction of sp³-hybridized carbons (Fsp3) is 0.105. The third-order valence-electron chi connectivity index (χ3n) is 3.81. The fourth-order valence-electron chi connectivity index (χ4n) is 2.51. The Morgan fingerprint density at radius 3 is 2.10 bits per heavy atom. The van der Waals surface area contributed by atoms with Crippen LogP contribution in [0.5, 0.6) is 0 Å². The molecule has 0 fully saturated rings. The first kappa shape index (κ1) is 20.3. The zero-order valence-electron chi connectivity index (χ0n) is 15.4. The molecule has 29 heavy (non-hydrogen) atoms. The Morgan fingerprint density at radius 1 is 0.897 bits per heavy atom. The van der Waals surface area contributed by atoms with Gasteiger partial charge >= 0.3 is 0 Å². The number of hydrogen-bond acceptors (Lipinski definition) is 5. The molecular weight excluding hydrogens is 402 g/mol. The van der Waals surface area contributed by atoms with Crippen LogP contribution in [0.2, 0.25) is 0 Å². The first-order valence-corrected chi connectivity index (χ1v) is 9.84. The molecule has 10 heteroatoms. The summed E-state index contributed by atoms with van der Waals surface area (Å²) in [5.74, 6) is -2.91. The SMILES string of the molecule is Cc1cc(C)nc(NS(=O)(=O)c2ccc(NC(=O)c3ccc(F)c(F)c3)cc2)n1. The van der Waals surface area contributed by atoms with Crippen LogP contribution in [0.25, 0.3) is 0 Å². The van der Waals surface area contributed by atoms with E-state index in [4.69, 9.17) is 0 Å². The molecule has 0 unspecified atom stereocenters. The number of carbonyl (C=O) groups is 1. The number of aryl methyl sites for hydroxylation is 2. The summed E-state index contributed by atoms with van der Waals surface area (Å²) >= 11 is 0. The quantitative estimate of drug-likeness (QED) is 0.661. The van der Waals surface area contributed by atoms with Crippen molar-refractivity contribution in [3.8, 4) is 0 Å². The van der Waals surface area contributed by atoms with Gasteiger partial charge in [-0.3, -0.25) is 4.79 Å². The molecule has 150 valence electrons. The number of hydrogen-bond donors (Lipinski definition) is 2. The summed E-state index contributed by atoms with van der Waals surface area (Å²) in [7, 11) is -3.93. The monoisotopic (exact) mass is 418 g/mol. The van der Waals surface area contributed by atoms with Crippen LogP contribution < -0.4 is 10.0 Å². The molecule has 0 spiro atoms. The molecule has 0 bridgehead atoms. The molecule has 0 atom stereocenters. The highest BCUT2D eigenvalue weighted by atomic mass is 32.2. The van der Waals surface area contributed by atoms with Gasteiger partial charge in [-0.25, -0.2) is 31.9 Å². The Hall–Kier alpha value is -3.40. The van der Waals surface area contributed by atoms with E-state index in [0.717, 1.165) is 18.2 Å². The van der Waals surface area contributed by atoms with Crippen LogP contribution in [0.3, 0.4) is 0 Å². The van der Waals surface area contributed by atoms with Gasteiger partial charge in [0, 0.05) is 22.6 Å². The molecule has 0 saturated carbocycles. The highest BCUT2D eigenvalue weighted by Crippen LogP contribution is 2.18. The minimum absolute atomic E-state index is 0.0433. The van der Waals surface area contributed by atoms with Crippen molar-refractivity contribution >= 4 is 27.6 Å². The normalized spacial score (nSPS) is 11.2. The van der Waals surface area contributed by atoms with Crippen LogP contribution >= 0.6 is 0 Å². The first-order chi connectivity index (χ1) is 13.6. The minimum atomic E-state index is -3.93. The van der Waals surface area contributed by atoms with Gasteiger partial charge in [0.05, 0.1) is 4.90 Å². The van der Waals surface area contributed by atoms with Crippen molar-refractivity contribution in [3.05, 3.63) is 77.1 Å². The van der Waals surface area contributed by atoms with Crippen molar-refractivity contribution < 1.29 is 22.0 Å². The molecule has 1 amide bonds. The minimum Gasteiger partial charge on any atom is -0.322 e. The van der Waals surface area contributed by atoms with Crippen molar-refractivity contribution in [2.24, 2.45) is 0 Å². The van der Waals surface area contributed by atoms with Gasteiger partial charge in [-0.15, -0.1) is 0 Å². The summed E-state index contributed by atoms with van der Waals surface area (Å²) in [6.45, 7) is 3.44. The van der Waals surface area contributed by atoms with E-state index in [1.807, 2.05) is 0 Å². The van der Waals surface area contributed by atoms with Gasteiger partial charge in [-0.2, -0.15) is 0 Å². The molecule has 0 aliphatic carbocycles. The standard InChI is InChI=1S/C19H16F2N4O3S/c1-11-9-12(2)23-19(22-11)25-29(27,28)15-6-4-14(5-7-15)24-18(26)13-3-8-16(20)17(21)10-13/h3-10H,1-2H3,(H,24,26)(H,22,23,25). The Balaban J connectivity index is 1.74. The molecular formula is C19H16F2N4O3S. The molecule has 3 rings (SSSR count). The van der Waals surface area contributed by atoms with Crippen LogP contribution in [-0.2, 0) is 10.0 Å². The maximum atomic E-state index is 13.3. The van der Waals surface area contributed by atoms with Crippen molar-refractivity contribution in [1.29, 1.82) is 0 Å². The first-order valence-electron chi connectivity index (χ1n) is 8.35. The van der Waals surface area contributed by atoms with Gasteiger partial charge in [0.2, 0.25) is 5.95 Å². The number of nitrogens with zero attached hydrogens (tertiary/aromatic N) is 2. The van der Waals surface area contributed by atoms with Gasteiger partial charge in [0.25, 0.3) is 15.9 Å². The lowest BCUT2D eigenvalue weighted by molar-refractivity contribution is 0.102. The van der Waals surface area contributed by atoms with E-state index in [0.29, 0.717) is 11.4 Å². The lowest BCUT2D eigenvalue weighted by Crippen LogP contribution is -2.16. The highest BCUT2D eigenvalue weighted by Gasteiger charge is 2.17. The van der Waals surface area contributed by atoms with Crippen molar-refractivity contribution in [2.75, 3.05) is 10.0 Å². The zero-order valence-corrected chi connectivity index (χ0v) is 16.2. The number of benzene rings is 2. The van der Waals surface area contributed by atoms with Gasteiger partial charge in [0.15, 0.2) is 11.6 Å². The molecule has 1 aromatic heterocycles. The molecule has 0 saturated heterocycles. The Bertz CT molecular complexity index is 1160. The zero-order chi connectivity index (χ0) is 21.2. The molecule has 1 heterocycles. The third-order valence-corrected chi connectivity index (χ3v) is 5.16. The lowest BCUT2D eigenvalue weighted by Gasteiger charge is -2.09. The summed E-state index contributed by atoms with van der Waals surface area (Å²) < 4.78 is 53.5. The van der Waals surface area contributed by atoms with E-state index in [2.05, 4.69) is 20.0 Å². The molecule has 3 aromatic rings. The average molecular weight is 418 g/mol. The maximum absolute atomic E-state index is 13.3. The summed E-state index contributed by atoms with van der Waals surface area (Å²) in [4.78, 5) is 20.1. The van der Waals surface area contributed by atoms with Gasteiger partial charge in [-0.05, 0) is 62.4 Å². The number of amides is 1. The number of rotatable bonds is 5. The van der Waals surface area contributed by atoms with Gasteiger partial charge in [-0.1, -0.05) is 0 Å². The predicted molar refractivity (Wildman–Crippen MR) is 103 cm³/mol. The van der Waals surface area contributed by atoms with Crippen LogP contribution in [0, 0.1) is 25.5 Å². The number of anilines is 2.